The molecule has 17 heavy (non-hydrogen) atoms. The molecule has 0 aromatic carbocycles. The fraction of sp³-hybridized carbons (Fsp3) is 1.00. The Hall–Kier alpha value is -0.120. The molecule has 0 amide bonds. The van der Waals surface area contributed by atoms with Crippen molar-refractivity contribution in [2.75, 3.05) is 13.2 Å². The predicted octanol–water partition coefficient (Wildman–Crippen LogP) is 2.23. The number of rotatable bonds is 2. The first-order valence-electron chi connectivity index (χ1n) is 7.30. The lowest BCUT2D eigenvalue weighted by Gasteiger charge is -2.57. The third kappa shape index (κ3) is 2.13. The van der Waals surface area contributed by atoms with Crippen molar-refractivity contribution in [3.63, 3.8) is 0 Å². The third-order valence-electron chi connectivity index (χ3n) is 5.16. The van der Waals surface area contributed by atoms with Crippen molar-refractivity contribution < 1.29 is 9.47 Å². The molecule has 98 valence electrons. The van der Waals surface area contributed by atoms with E-state index in [0.29, 0.717) is 23.7 Å². The molecule has 0 radical (unpaired) electrons. The number of nitrogens with two attached hydrogens (primary N) is 1. The summed E-state index contributed by atoms with van der Waals surface area (Å²) in [5.41, 5.74) is 6.62. The lowest BCUT2D eigenvalue weighted by Crippen LogP contribution is -2.63. The van der Waals surface area contributed by atoms with Crippen LogP contribution in [0.4, 0.5) is 0 Å². The Morgan fingerprint density at radius 1 is 1.06 bits per heavy atom. The van der Waals surface area contributed by atoms with E-state index in [1.54, 1.807) is 0 Å². The molecule has 1 aliphatic heterocycles. The smallest absolute Gasteiger partial charge is 0.0664 e. The summed E-state index contributed by atoms with van der Waals surface area (Å²) in [5, 5.41) is 0. The minimum atomic E-state index is 0.344. The molecule has 3 fully saturated rings. The van der Waals surface area contributed by atoms with E-state index in [1.165, 1.54) is 32.1 Å². The fourth-order valence-corrected chi connectivity index (χ4v) is 3.92. The Morgan fingerprint density at radius 3 is 2.41 bits per heavy atom. The van der Waals surface area contributed by atoms with E-state index in [4.69, 9.17) is 15.2 Å². The molecular weight excluding hydrogens is 214 g/mol. The normalized spacial score (nSPS) is 37.9. The summed E-state index contributed by atoms with van der Waals surface area (Å²) in [6.07, 6.45) is 10.8. The highest BCUT2D eigenvalue weighted by molar-refractivity contribution is 5.07. The second kappa shape index (κ2) is 4.87. The van der Waals surface area contributed by atoms with Gasteiger partial charge >= 0.3 is 0 Å². The molecule has 0 bridgehead atoms. The highest BCUT2D eigenvalue weighted by Crippen LogP contribution is 2.52. The van der Waals surface area contributed by atoms with Crippen molar-refractivity contribution in [2.45, 2.75) is 69.6 Å². The van der Waals surface area contributed by atoms with Crippen molar-refractivity contribution in [3.8, 4) is 0 Å². The van der Waals surface area contributed by atoms with E-state index < -0.39 is 0 Å². The topological polar surface area (TPSA) is 44.5 Å². The van der Waals surface area contributed by atoms with Gasteiger partial charge in [0.1, 0.15) is 0 Å². The molecule has 1 heterocycles. The second-order valence-corrected chi connectivity index (χ2v) is 6.07. The molecule has 2 unspecified atom stereocenters. The molecule has 3 rings (SSSR count). The van der Waals surface area contributed by atoms with Gasteiger partial charge in [-0.05, 0) is 32.1 Å². The zero-order valence-electron chi connectivity index (χ0n) is 10.7. The average Bonchev–Trinajstić information content (AvgIpc) is 2.41. The van der Waals surface area contributed by atoms with Gasteiger partial charge in [0, 0.05) is 24.7 Å². The third-order valence-corrected chi connectivity index (χ3v) is 5.16. The quantitative estimate of drug-likeness (QED) is 0.803. The van der Waals surface area contributed by atoms with Crippen LogP contribution in [0.1, 0.15) is 51.4 Å². The van der Waals surface area contributed by atoms with Gasteiger partial charge < -0.3 is 15.2 Å². The molecule has 0 aromatic rings. The summed E-state index contributed by atoms with van der Waals surface area (Å²) >= 11 is 0. The van der Waals surface area contributed by atoms with Gasteiger partial charge in [-0.25, -0.2) is 0 Å². The first-order valence-corrected chi connectivity index (χ1v) is 7.30. The monoisotopic (exact) mass is 239 g/mol. The molecule has 2 N–H and O–H groups in total. The van der Waals surface area contributed by atoms with Crippen LogP contribution in [-0.2, 0) is 9.47 Å². The summed E-state index contributed by atoms with van der Waals surface area (Å²) < 4.78 is 11.7. The second-order valence-electron chi connectivity index (χ2n) is 6.07. The summed E-state index contributed by atoms with van der Waals surface area (Å²) in [7, 11) is 0. The Kier molecular flexibility index (Phi) is 3.42. The molecule has 2 atom stereocenters. The molecule has 3 aliphatic rings. The molecule has 1 saturated heterocycles. The van der Waals surface area contributed by atoms with Gasteiger partial charge in [-0.2, -0.15) is 0 Å². The van der Waals surface area contributed by atoms with Crippen LogP contribution in [0.5, 0.6) is 0 Å². The highest BCUT2D eigenvalue weighted by atomic mass is 16.5. The Morgan fingerprint density at radius 2 is 1.76 bits per heavy atom. The largest absolute Gasteiger partial charge is 0.381 e. The summed E-state index contributed by atoms with van der Waals surface area (Å²) in [6, 6.07) is 0.396. The van der Waals surface area contributed by atoms with E-state index in [9.17, 15) is 0 Å². The van der Waals surface area contributed by atoms with Crippen LogP contribution in [0.2, 0.25) is 0 Å². The van der Waals surface area contributed by atoms with Crippen LogP contribution in [0, 0.1) is 5.41 Å². The van der Waals surface area contributed by atoms with Crippen molar-refractivity contribution in [1.29, 1.82) is 0 Å². The fourth-order valence-electron chi connectivity index (χ4n) is 3.92. The average molecular weight is 239 g/mol. The van der Waals surface area contributed by atoms with Crippen LogP contribution in [0.25, 0.3) is 0 Å². The minimum absolute atomic E-state index is 0.344. The van der Waals surface area contributed by atoms with Crippen LogP contribution in [0.15, 0.2) is 0 Å². The Balaban J connectivity index is 1.59. The van der Waals surface area contributed by atoms with E-state index in [1.807, 2.05) is 0 Å². The minimum Gasteiger partial charge on any atom is -0.381 e. The van der Waals surface area contributed by atoms with Gasteiger partial charge in [0.15, 0.2) is 0 Å². The Bertz CT molecular complexity index is 257. The van der Waals surface area contributed by atoms with Crippen LogP contribution < -0.4 is 5.73 Å². The van der Waals surface area contributed by atoms with E-state index in [0.717, 1.165) is 32.5 Å². The van der Waals surface area contributed by atoms with Crippen molar-refractivity contribution in [1.82, 2.24) is 0 Å². The standard InChI is InChI=1S/C14H25NO2/c15-12-10-13(14(12)6-2-1-3-7-14)17-11-4-8-16-9-5-11/h11-13H,1-10,15H2. The maximum Gasteiger partial charge on any atom is 0.0664 e. The van der Waals surface area contributed by atoms with Gasteiger partial charge in [0.05, 0.1) is 12.2 Å². The molecule has 2 saturated carbocycles. The van der Waals surface area contributed by atoms with Crippen LogP contribution >= 0.6 is 0 Å². The van der Waals surface area contributed by atoms with Gasteiger partial charge in [-0.15, -0.1) is 0 Å². The van der Waals surface area contributed by atoms with Gasteiger partial charge in [0.2, 0.25) is 0 Å². The van der Waals surface area contributed by atoms with Crippen LogP contribution in [0.3, 0.4) is 0 Å². The number of hydrogen-bond donors (Lipinski definition) is 1. The summed E-state index contributed by atoms with van der Waals surface area (Å²) in [4.78, 5) is 0. The first-order chi connectivity index (χ1) is 8.31. The van der Waals surface area contributed by atoms with Gasteiger partial charge in [-0.3, -0.25) is 0 Å². The lowest BCUT2D eigenvalue weighted by molar-refractivity contribution is -0.182. The van der Waals surface area contributed by atoms with Crippen LogP contribution in [-0.4, -0.2) is 31.5 Å². The maximum atomic E-state index is 6.33. The zero-order chi connectivity index (χ0) is 11.7. The molecular formula is C14H25NO2. The van der Waals surface area contributed by atoms with Crippen molar-refractivity contribution in [2.24, 2.45) is 11.1 Å². The maximum absolute atomic E-state index is 6.33. The molecule has 1 spiro atoms. The Labute approximate surface area is 104 Å². The van der Waals surface area contributed by atoms with E-state index in [2.05, 4.69) is 0 Å². The lowest BCUT2D eigenvalue weighted by atomic mass is 9.55. The SMILES string of the molecule is NC1CC(OC2CCOCC2)C12CCCCC2. The van der Waals surface area contributed by atoms with Crippen molar-refractivity contribution in [3.05, 3.63) is 0 Å². The molecule has 3 nitrogen and oxygen atoms in total. The first kappa shape index (κ1) is 11.9. The highest BCUT2D eigenvalue weighted by Gasteiger charge is 2.54. The zero-order valence-corrected chi connectivity index (χ0v) is 10.7. The van der Waals surface area contributed by atoms with Gasteiger partial charge in [0.25, 0.3) is 0 Å². The summed E-state index contributed by atoms with van der Waals surface area (Å²) in [6.45, 7) is 1.74. The van der Waals surface area contributed by atoms with Gasteiger partial charge in [-0.1, -0.05) is 19.3 Å². The molecule has 0 aromatic heterocycles. The van der Waals surface area contributed by atoms with E-state index >= 15 is 0 Å². The van der Waals surface area contributed by atoms with E-state index in [-0.39, 0.29) is 0 Å². The molecule has 2 aliphatic carbocycles. The number of ether oxygens (including phenoxy) is 2. The van der Waals surface area contributed by atoms with Crippen molar-refractivity contribution >= 4 is 0 Å². The molecule has 3 heteroatoms. The predicted molar refractivity (Wildman–Crippen MR) is 66.8 cm³/mol. The summed E-state index contributed by atoms with van der Waals surface area (Å²) in [5.74, 6) is 0. The number of hydrogen-bond acceptors (Lipinski definition) is 3.